The molecular weight excluding hydrogens is 288 g/mol. The lowest BCUT2D eigenvalue weighted by Crippen LogP contribution is -2.07. The van der Waals surface area contributed by atoms with E-state index in [1.54, 1.807) is 0 Å². The highest BCUT2D eigenvalue weighted by molar-refractivity contribution is 4.65. The molecule has 0 spiro atoms. The van der Waals surface area contributed by atoms with E-state index >= 15 is 0 Å². The van der Waals surface area contributed by atoms with Crippen molar-refractivity contribution >= 4 is 0 Å². The van der Waals surface area contributed by atoms with Gasteiger partial charge in [0.05, 0.1) is 0 Å². The van der Waals surface area contributed by atoms with Crippen LogP contribution >= 0.6 is 0 Å². The van der Waals surface area contributed by atoms with Gasteiger partial charge in [-0.25, -0.2) is 0 Å². The van der Waals surface area contributed by atoms with Gasteiger partial charge in [0.25, 0.3) is 0 Å². The number of hydrogen-bond acceptors (Lipinski definition) is 0. The van der Waals surface area contributed by atoms with Crippen molar-refractivity contribution in [3.8, 4) is 0 Å². The van der Waals surface area contributed by atoms with E-state index in [0.717, 1.165) is 11.8 Å². The molecule has 0 nitrogen and oxygen atoms in total. The molecule has 0 aliphatic rings. The summed E-state index contributed by atoms with van der Waals surface area (Å²) in [6, 6.07) is 0. The number of hydrogen-bond donors (Lipinski definition) is 0. The lowest BCUT2D eigenvalue weighted by Gasteiger charge is -2.21. The van der Waals surface area contributed by atoms with Gasteiger partial charge in [0, 0.05) is 0 Å². The molecule has 24 heavy (non-hydrogen) atoms. The Labute approximate surface area is 155 Å². The first kappa shape index (κ1) is 24.0. The van der Waals surface area contributed by atoms with Gasteiger partial charge in [-0.2, -0.15) is 0 Å². The molecule has 0 N–H and O–H groups in total. The van der Waals surface area contributed by atoms with Crippen LogP contribution in [0.1, 0.15) is 143 Å². The van der Waals surface area contributed by atoms with Crippen molar-refractivity contribution in [2.75, 3.05) is 0 Å². The molecule has 0 radical (unpaired) electrons. The SMILES string of the molecule is CCCCCCCCCCC(CCCCCCC)CC(C)CCC. The fraction of sp³-hybridized carbons (Fsp3) is 1.00. The molecule has 0 bridgehead atoms. The van der Waals surface area contributed by atoms with Gasteiger partial charge in [0.1, 0.15) is 0 Å². The molecule has 0 fully saturated rings. The van der Waals surface area contributed by atoms with Crippen molar-refractivity contribution in [3.63, 3.8) is 0 Å². The average Bonchev–Trinajstić information content (AvgIpc) is 2.57. The monoisotopic (exact) mass is 338 g/mol. The standard InChI is InChI=1S/C24H50/c1-5-8-10-12-13-14-16-18-21-24(22-23(4)19-7-3)20-17-15-11-9-6-2/h23-24H,5-22H2,1-4H3. The molecule has 0 heteroatoms. The Kier molecular flexibility index (Phi) is 19.3. The molecule has 2 atom stereocenters. The summed E-state index contributed by atoms with van der Waals surface area (Å²) in [6.45, 7) is 9.45. The molecule has 0 aliphatic carbocycles. The fourth-order valence-corrected chi connectivity index (χ4v) is 4.16. The molecular formula is C24H50. The minimum Gasteiger partial charge on any atom is -0.0654 e. The summed E-state index contributed by atoms with van der Waals surface area (Å²) in [6.07, 6.45) is 26.2. The molecule has 0 saturated heterocycles. The third-order valence-corrected chi connectivity index (χ3v) is 5.70. The minimum absolute atomic E-state index is 0.949. The van der Waals surface area contributed by atoms with Crippen LogP contribution in [0.2, 0.25) is 0 Å². The van der Waals surface area contributed by atoms with Gasteiger partial charge in [-0.1, -0.05) is 137 Å². The Morgan fingerprint density at radius 3 is 1.29 bits per heavy atom. The van der Waals surface area contributed by atoms with Crippen molar-refractivity contribution in [1.82, 2.24) is 0 Å². The van der Waals surface area contributed by atoms with Crippen LogP contribution in [0.25, 0.3) is 0 Å². The normalized spacial score (nSPS) is 14.0. The molecule has 0 saturated carbocycles. The van der Waals surface area contributed by atoms with Crippen LogP contribution in [0.3, 0.4) is 0 Å². The van der Waals surface area contributed by atoms with Crippen LogP contribution in [0, 0.1) is 11.8 Å². The Morgan fingerprint density at radius 2 is 0.875 bits per heavy atom. The van der Waals surface area contributed by atoms with Gasteiger partial charge in [0.15, 0.2) is 0 Å². The zero-order valence-corrected chi connectivity index (χ0v) is 17.9. The molecule has 2 unspecified atom stereocenters. The molecule has 0 aromatic carbocycles. The van der Waals surface area contributed by atoms with Crippen LogP contribution in [0.15, 0.2) is 0 Å². The summed E-state index contributed by atoms with van der Waals surface area (Å²) < 4.78 is 0. The van der Waals surface area contributed by atoms with E-state index < -0.39 is 0 Å². The highest BCUT2D eigenvalue weighted by Crippen LogP contribution is 2.27. The minimum atomic E-state index is 0.949. The topological polar surface area (TPSA) is 0 Å². The number of unbranched alkanes of at least 4 members (excludes halogenated alkanes) is 11. The summed E-state index contributed by atoms with van der Waals surface area (Å²) in [7, 11) is 0. The molecule has 0 heterocycles. The van der Waals surface area contributed by atoms with Gasteiger partial charge in [-0.15, -0.1) is 0 Å². The lowest BCUT2D eigenvalue weighted by atomic mass is 9.85. The summed E-state index contributed by atoms with van der Waals surface area (Å²) in [5.41, 5.74) is 0. The van der Waals surface area contributed by atoms with Crippen molar-refractivity contribution in [3.05, 3.63) is 0 Å². The maximum atomic E-state index is 2.49. The van der Waals surface area contributed by atoms with Crippen LogP contribution in [-0.4, -0.2) is 0 Å². The van der Waals surface area contributed by atoms with Gasteiger partial charge in [-0.05, 0) is 18.3 Å². The van der Waals surface area contributed by atoms with E-state index in [1.807, 2.05) is 0 Å². The summed E-state index contributed by atoms with van der Waals surface area (Å²) in [5, 5.41) is 0. The van der Waals surface area contributed by atoms with Crippen molar-refractivity contribution in [1.29, 1.82) is 0 Å². The summed E-state index contributed by atoms with van der Waals surface area (Å²) in [4.78, 5) is 0. The van der Waals surface area contributed by atoms with Gasteiger partial charge in [-0.3, -0.25) is 0 Å². The van der Waals surface area contributed by atoms with Crippen molar-refractivity contribution in [2.45, 2.75) is 143 Å². The predicted molar refractivity (Wildman–Crippen MR) is 113 cm³/mol. The molecule has 146 valence electrons. The second-order valence-electron chi connectivity index (χ2n) is 8.46. The van der Waals surface area contributed by atoms with Gasteiger partial charge < -0.3 is 0 Å². The third kappa shape index (κ3) is 16.8. The van der Waals surface area contributed by atoms with Crippen molar-refractivity contribution in [2.24, 2.45) is 11.8 Å². The average molecular weight is 339 g/mol. The third-order valence-electron chi connectivity index (χ3n) is 5.70. The smallest absolute Gasteiger partial charge is 0.0412 e. The van der Waals surface area contributed by atoms with Crippen LogP contribution in [0.5, 0.6) is 0 Å². The van der Waals surface area contributed by atoms with Crippen molar-refractivity contribution < 1.29 is 0 Å². The van der Waals surface area contributed by atoms with E-state index in [2.05, 4.69) is 27.7 Å². The fourth-order valence-electron chi connectivity index (χ4n) is 4.16. The first-order valence-corrected chi connectivity index (χ1v) is 11.7. The van der Waals surface area contributed by atoms with E-state index in [9.17, 15) is 0 Å². The Balaban J connectivity index is 3.80. The van der Waals surface area contributed by atoms with E-state index in [1.165, 1.54) is 116 Å². The molecule has 0 aromatic heterocycles. The predicted octanol–water partition coefficient (Wildman–Crippen LogP) is 9.32. The van der Waals surface area contributed by atoms with Crippen LogP contribution in [-0.2, 0) is 0 Å². The molecule has 0 rings (SSSR count). The van der Waals surface area contributed by atoms with E-state index in [0.29, 0.717) is 0 Å². The Morgan fingerprint density at radius 1 is 0.458 bits per heavy atom. The zero-order chi connectivity index (χ0) is 17.9. The lowest BCUT2D eigenvalue weighted by molar-refractivity contribution is 0.317. The molecule has 0 amide bonds. The Bertz CT molecular complexity index is 220. The summed E-state index contributed by atoms with van der Waals surface area (Å²) in [5.74, 6) is 1.97. The van der Waals surface area contributed by atoms with Crippen LogP contribution < -0.4 is 0 Å². The number of rotatable bonds is 19. The quantitative estimate of drug-likeness (QED) is 0.206. The summed E-state index contributed by atoms with van der Waals surface area (Å²) >= 11 is 0. The van der Waals surface area contributed by atoms with Gasteiger partial charge >= 0.3 is 0 Å². The highest BCUT2D eigenvalue weighted by Gasteiger charge is 2.12. The first-order chi connectivity index (χ1) is 11.7. The van der Waals surface area contributed by atoms with E-state index in [4.69, 9.17) is 0 Å². The van der Waals surface area contributed by atoms with Gasteiger partial charge in [0.2, 0.25) is 0 Å². The second kappa shape index (κ2) is 19.3. The Hall–Kier alpha value is 0. The van der Waals surface area contributed by atoms with Crippen LogP contribution in [0.4, 0.5) is 0 Å². The maximum absolute atomic E-state index is 2.49. The zero-order valence-electron chi connectivity index (χ0n) is 17.9. The maximum Gasteiger partial charge on any atom is -0.0412 e. The molecule has 0 aromatic rings. The first-order valence-electron chi connectivity index (χ1n) is 11.7. The second-order valence-corrected chi connectivity index (χ2v) is 8.46. The molecule has 0 aliphatic heterocycles. The highest BCUT2D eigenvalue weighted by atomic mass is 14.2. The largest absolute Gasteiger partial charge is 0.0654 e. The van der Waals surface area contributed by atoms with E-state index in [-0.39, 0.29) is 0 Å².